The molecule has 32 heavy (non-hydrogen) atoms. The van der Waals surface area contributed by atoms with Gasteiger partial charge in [0.2, 0.25) is 0 Å². The number of anilines is 2. The van der Waals surface area contributed by atoms with Crippen LogP contribution in [0.5, 0.6) is 0 Å². The van der Waals surface area contributed by atoms with Crippen molar-refractivity contribution >= 4 is 23.0 Å². The van der Waals surface area contributed by atoms with Crippen LogP contribution in [-0.4, -0.2) is 31.1 Å². The normalized spacial score (nSPS) is 15.1. The summed E-state index contributed by atoms with van der Waals surface area (Å²) in [4.78, 5) is 4.66. The third-order valence-electron chi connectivity index (χ3n) is 6.28. The van der Waals surface area contributed by atoms with Gasteiger partial charge in [-0.1, -0.05) is 23.7 Å². The topological polar surface area (TPSA) is 6.48 Å². The van der Waals surface area contributed by atoms with E-state index in [1.165, 1.54) is 42.7 Å². The van der Waals surface area contributed by atoms with E-state index in [0.29, 0.717) is 0 Å². The van der Waals surface area contributed by atoms with Crippen LogP contribution >= 0.6 is 11.6 Å². The highest BCUT2D eigenvalue weighted by atomic mass is 35.5. The Hall–Kier alpha value is -2.43. The zero-order valence-corrected chi connectivity index (χ0v) is 18.9. The zero-order chi connectivity index (χ0) is 22.3. The van der Waals surface area contributed by atoms with E-state index in [2.05, 4.69) is 21.9 Å². The van der Waals surface area contributed by atoms with Crippen LogP contribution in [0.4, 0.5) is 20.2 Å². The van der Waals surface area contributed by atoms with E-state index in [9.17, 15) is 8.78 Å². The average Bonchev–Trinajstić information content (AvgIpc) is 2.81. The van der Waals surface area contributed by atoms with E-state index in [4.69, 9.17) is 11.6 Å². The molecular formula is C27H29ClF2N2. The Kier molecular flexibility index (Phi) is 7.77. The predicted molar refractivity (Wildman–Crippen MR) is 129 cm³/mol. The van der Waals surface area contributed by atoms with Gasteiger partial charge in [0, 0.05) is 22.9 Å². The molecule has 0 N–H and O–H groups in total. The Labute approximate surface area is 194 Å². The minimum absolute atomic E-state index is 0.255. The quantitative estimate of drug-likeness (QED) is 0.358. The molecule has 3 aromatic rings. The number of piperidine rings is 1. The summed E-state index contributed by atoms with van der Waals surface area (Å²) in [5.74, 6) is 0.214. The molecule has 0 saturated carbocycles. The predicted octanol–water partition coefficient (Wildman–Crippen LogP) is 7.10. The van der Waals surface area contributed by atoms with Crippen LogP contribution in [0.3, 0.4) is 0 Å². The average molecular weight is 455 g/mol. The van der Waals surface area contributed by atoms with Crippen molar-refractivity contribution in [1.29, 1.82) is 0 Å². The Bertz CT molecular complexity index is 921. The maximum absolute atomic E-state index is 13.4. The number of nitrogens with zero attached hydrogens (tertiary/aromatic N) is 2. The minimum Gasteiger partial charge on any atom is -0.341 e. The van der Waals surface area contributed by atoms with E-state index >= 15 is 0 Å². The molecule has 3 aromatic carbocycles. The van der Waals surface area contributed by atoms with Crippen LogP contribution in [0.1, 0.15) is 24.8 Å². The highest BCUT2D eigenvalue weighted by Gasteiger charge is 2.19. The summed E-state index contributed by atoms with van der Waals surface area (Å²) in [5, 5.41) is 0.791. The van der Waals surface area contributed by atoms with Crippen molar-refractivity contribution in [3.63, 3.8) is 0 Å². The maximum atomic E-state index is 13.4. The molecule has 0 radical (unpaired) electrons. The van der Waals surface area contributed by atoms with Gasteiger partial charge in [-0.2, -0.15) is 0 Å². The van der Waals surface area contributed by atoms with Gasteiger partial charge in [0.1, 0.15) is 11.6 Å². The highest BCUT2D eigenvalue weighted by molar-refractivity contribution is 6.30. The molecule has 0 aliphatic carbocycles. The Morgan fingerprint density at radius 3 is 1.84 bits per heavy atom. The molecule has 1 aliphatic rings. The Morgan fingerprint density at radius 2 is 1.31 bits per heavy atom. The summed E-state index contributed by atoms with van der Waals surface area (Å²) in [5.41, 5.74) is 3.20. The first-order valence-electron chi connectivity index (χ1n) is 11.3. The monoisotopic (exact) mass is 454 g/mol. The van der Waals surface area contributed by atoms with Gasteiger partial charge in [-0.25, -0.2) is 8.78 Å². The third kappa shape index (κ3) is 6.30. The lowest BCUT2D eigenvalue weighted by Gasteiger charge is -2.33. The van der Waals surface area contributed by atoms with E-state index in [0.717, 1.165) is 61.3 Å². The van der Waals surface area contributed by atoms with Gasteiger partial charge in [0.15, 0.2) is 0 Å². The maximum Gasteiger partial charge on any atom is 0.123 e. The van der Waals surface area contributed by atoms with Gasteiger partial charge in [0.05, 0.1) is 0 Å². The van der Waals surface area contributed by atoms with E-state index in [1.54, 1.807) is 24.3 Å². The van der Waals surface area contributed by atoms with Gasteiger partial charge < -0.3 is 9.80 Å². The van der Waals surface area contributed by atoms with E-state index < -0.39 is 0 Å². The van der Waals surface area contributed by atoms with Crippen LogP contribution < -0.4 is 4.90 Å². The molecule has 0 atom stereocenters. The van der Waals surface area contributed by atoms with Crippen molar-refractivity contribution in [3.8, 4) is 0 Å². The molecule has 0 amide bonds. The smallest absolute Gasteiger partial charge is 0.123 e. The molecule has 0 aromatic heterocycles. The van der Waals surface area contributed by atoms with Crippen LogP contribution in [-0.2, 0) is 6.42 Å². The lowest BCUT2D eigenvalue weighted by atomic mass is 9.90. The van der Waals surface area contributed by atoms with Crippen LogP contribution in [0.25, 0.3) is 0 Å². The molecule has 0 bridgehead atoms. The third-order valence-corrected chi connectivity index (χ3v) is 6.53. The van der Waals surface area contributed by atoms with Crippen molar-refractivity contribution in [2.75, 3.05) is 31.1 Å². The number of hydrogen-bond donors (Lipinski definition) is 0. The van der Waals surface area contributed by atoms with Crippen LogP contribution in [0.2, 0.25) is 5.02 Å². The van der Waals surface area contributed by atoms with Gasteiger partial charge in [-0.05, 0) is 117 Å². The second-order valence-corrected chi connectivity index (χ2v) is 9.01. The molecule has 168 valence electrons. The summed E-state index contributed by atoms with van der Waals surface area (Å²) in [6.45, 7) is 4.05. The van der Waals surface area contributed by atoms with Crippen molar-refractivity contribution in [1.82, 2.24) is 4.90 Å². The molecule has 1 heterocycles. The summed E-state index contributed by atoms with van der Waals surface area (Å²) >= 11 is 5.99. The first kappa shape index (κ1) is 22.8. The second kappa shape index (κ2) is 10.9. The molecule has 1 fully saturated rings. The minimum atomic E-state index is -0.255. The van der Waals surface area contributed by atoms with E-state index in [1.807, 2.05) is 12.1 Å². The Balaban J connectivity index is 1.29. The van der Waals surface area contributed by atoms with Crippen molar-refractivity contribution in [2.24, 2.45) is 5.92 Å². The Morgan fingerprint density at radius 1 is 0.781 bits per heavy atom. The molecule has 2 nitrogen and oxygen atoms in total. The molecule has 0 spiro atoms. The fourth-order valence-corrected chi connectivity index (χ4v) is 4.60. The summed E-state index contributed by atoms with van der Waals surface area (Å²) in [7, 11) is 0. The van der Waals surface area contributed by atoms with Gasteiger partial charge >= 0.3 is 0 Å². The second-order valence-electron chi connectivity index (χ2n) is 8.57. The SMILES string of the molecule is Fc1ccc(N(CCCN2CCC(Cc3ccc(Cl)cc3)CC2)c2ccc(F)cc2)cc1. The highest BCUT2D eigenvalue weighted by Crippen LogP contribution is 2.27. The molecule has 5 heteroatoms. The van der Waals surface area contributed by atoms with E-state index in [-0.39, 0.29) is 11.6 Å². The first-order chi connectivity index (χ1) is 15.6. The van der Waals surface area contributed by atoms with Crippen LogP contribution in [0, 0.1) is 17.6 Å². The molecule has 1 saturated heterocycles. The van der Waals surface area contributed by atoms with Crippen molar-refractivity contribution < 1.29 is 8.78 Å². The largest absolute Gasteiger partial charge is 0.341 e. The van der Waals surface area contributed by atoms with Crippen LogP contribution in [0.15, 0.2) is 72.8 Å². The lowest BCUT2D eigenvalue weighted by molar-refractivity contribution is 0.183. The summed E-state index contributed by atoms with van der Waals surface area (Å²) in [6, 6.07) is 21.2. The number of halogens is 3. The van der Waals surface area contributed by atoms with Crippen molar-refractivity contribution in [2.45, 2.75) is 25.7 Å². The fourth-order valence-electron chi connectivity index (χ4n) is 4.47. The van der Waals surface area contributed by atoms with Gasteiger partial charge in [-0.15, -0.1) is 0 Å². The fraction of sp³-hybridized carbons (Fsp3) is 0.333. The number of hydrogen-bond acceptors (Lipinski definition) is 2. The van der Waals surface area contributed by atoms with Gasteiger partial charge in [-0.3, -0.25) is 0 Å². The summed E-state index contributed by atoms with van der Waals surface area (Å²) in [6.07, 6.45) is 4.52. The molecule has 0 unspecified atom stereocenters. The first-order valence-corrected chi connectivity index (χ1v) is 11.7. The zero-order valence-electron chi connectivity index (χ0n) is 18.2. The standard InChI is InChI=1S/C27H29ClF2N2/c28-23-4-2-21(3-5-23)20-22-14-18-31(19-15-22)16-1-17-32(26-10-6-24(29)7-11-26)27-12-8-25(30)9-13-27/h2-13,22H,1,14-20H2. The molecular weight excluding hydrogens is 426 g/mol. The number of likely N-dealkylation sites (tertiary alicyclic amines) is 1. The number of rotatable bonds is 8. The van der Waals surface area contributed by atoms with Gasteiger partial charge in [0.25, 0.3) is 0 Å². The molecule has 1 aliphatic heterocycles. The summed E-state index contributed by atoms with van der Waals surface area (Å²) < 4.78 is 26.8. The van der Waals surface area contributed by atoms with Crippen molar-refractivity contribution in [3.05, 3.63) is 95.0 Å². The molecule has 4 rings (SSSR count). The number of benzene rings is 3. The lowest BCUT2D eigenvalue weighted by Crippen LogP contribution is -2.36.